The summed E-state index contributed by atoms with van der Waals surface area (Å²) in [7, 11) is 0. The van der Waals surface area contributed by atoms with E-state index in [-0.39, 0.29) is 0 Å². The third-order valence-electron chi connectivity index (χ3n) is 2.54. The first-order valence-corrected chi connectivity index (χ1v) is 5.78. The number of aryl methyl sites for hydroxylation is 1. The number of rotatable bonds is 0. The Morgan fingerprint density at radius 2 is 2.00 bits per heavy atom. The van der Waals surface area contributed by atoms with Crippen LogP contribution in [0.15, 0.2) is 10.7 Å². The molecule has 1 aliphatic carbocycles. The molecule has 1 aliphatic rings. The molecular formula is C10H11BrClN. The predicted molar refractivity (Wildman–Crippen MR) is 58.2 cm³/mol. The maximum absolute atomic E-state index is 5.94. The van der Waals surface area contributed by atoms with Gasteiger partial charge in [-0.25, -0.2) is 4.98 Å². The van der Waals surface area contributed by atoms with E-state index >= 15 is 0 Å². The number of hydrogen-bond acceptors (Lipinski definition) is 1. The van der Waals surface area contributed by atoms with Crippen LogP contribution in [0.2, 0.25) is 5.15 Å². The van der Waals surface area contributed by atoms with Crippen LogP contribution >= 0.6 is 27.5 Å². The highest BCUT2D eigenvalue weighted by Crippen LogP contribution is 2.31. The second kappa shape index (κ2) is 3.97. The van der Waals surface area contributed by atoms with Crippen LogP contribution in [-0.4, -0.2) is 4.98 Å². The Kier molecular flexibility index (Phi) is 2.89. The Labute approximate surface area is 91.6 Å². The molecule has 70 valence electrons. The van der Waals surface area contributed by atoms with E-state index in [0.29, 0.717) is 5.15 Å². The van der Waals surface area contributed by atoms with Gasteiger partial charge in [0.05, 0.1) is 4.47 Å². The Morgan fingerprint density at radius 3 is 2.85 bits per heavy atom. The van der Waals surface area contributed by atoms with Crippen molar-refractivity contribution >= 4 is 27.5 Å². The molecule has 1 nitrogen and oxygen atoms in total. The van der Waals surface area contributed by atoms with Gasteiger partial charge in [0.1, 0.15) is 5.15 Å². The molecule has 0 fully saturated rings. The quantitative estimate of drug-likeness (QED) is 0.511. The van der Waals surface area contributed by atoms with Crippen LogP contribution in [0.5, 0.6) is 0 Å². The summed E-state index contributed by atoms with van der Waals surface area (Å²) in [4.78, 5) is 4.15. The lowest BCUT2D eigenvalue weighted by Crippen LogP contribution is -1.95. The summed E-state index contributed by atoms with van der Waals surface area (Å²) in [6.07, 6.45) is 8.08. The molecule has 1 aromatic rings. The third kappa shape index (κ3) is 1.89. The summed E-state index contributed by atoms with van der Waals surface area (Å²) in [5, 5.41) is 0.598. The Balaban J connectivity index is 2.48. The van der Waals surface area contributed by atoms with Gasteiger partial charge in [-0.15, -0.1) is 0 Å². The van der Waals surface area contributed by atoms with Gasteiger partial charge < -0.3 is 0 Å². The highest BCUT2D eigenvalue weighted by Gasteiger charge is 2.13. The van der Waals surface area contributed by atoms with E-state index in [4.69, 9.17) is 11.6 Å². The number of fused-ring (bicyclic) bond motifs is 1. The molecule has 3 heteroatoms. The molecule has 0 unspecified atom stereocenters. The first kappa shape index (κ1) is 9.47. The van der Waals surface area contributed by atoms with Gasteiger partial charge in [0.25, 0.3) is 0 Å². The first-order valence-electron chi connectivity index (χ1n) is 4.61. The second-order valence-electron chi connectivity index (χ2n) is 3.43. The van der Waals surface area contributed by atoms with Gasteiger partial charge in [0.2, 0.25) is 0 Å². The minimum atomic E-state index is 0.598. The van der Waals surface area contributed by atoms with Gasteiger partial charge in [0, 0.05) is 6.20 Å². The molecule has 0 N–H and O–H groups in total. The molecule has 2 rings (SSSR count). The van der Waals surface area contributed by atoms with Crippen molar-refractivity contribution in [2.75, 3.05) is 0 Å². The molecule has 0 saturated carbocycles. The standard InChI is InChI=1S/C10H11BrClN/c11-9-8-5-3-1-2-4-7(8)6-13-10(9)12/h6H,1-5H2. The number of nitrogens with zero attached hydrogens (tertiary/aromatic N) is 1. The van der Waals surface area contributed by atoms with E-state index in [1.54, 1.807) is 0 Å². The smallest absolute Gasteiger partial charge is 0.143 e. The molecule has 0 atom stereocenters. The highest BCUT2D eigenvalue weighted by molar-refractivity contribution is 9.10. The van der Waals surface area contributed by atoms with Crippen molar-refractivity contribution in [3.05, 3.63) is 26.9 Å². The number of aromatic nitrogens is 1. The molecular weight excluding hydrogens is 249 g/mol. The molecule has 1 heterocycles. The summed E-state index contributed by atoms with van der Waals surface area (Å²) in [5.41, 5.74) is 2.74. The number of hydrogen-bond donors (Lipinski definition) is 0. The predicted octanol–water partition coefficient (Wildman–Crippen LogP) is 3.77. The average molecular weight is 261 g/mol. The van der Waals surface area contributed by atoms with Gasteiger partial charge in [0.15, 0.2) is 0 Å². The zero-order chi connectivity index (χ0) is 9.26. The molecule has 13 heavy (non-hydrogen) atoms. The summed E-state index contributed by atoms with van der Waals surface area (Å²) in [5.74, 6) is 0. The minimum absolute atomic E-state index is 0.598. The van der Waals surface area contributed by atoms with E-state index in [1.165, 1.54) is 30.4 Å². The van der Waals surface area contributed by atoms with E-state index in [2.05, 4.69) is 20.9 Å². The van der Waals surface area contributed by atoms with Crippen molar-refractivity contribution in [3.8, 4) is 0 Å². The summed E-state index contributed by atoms with van der Waals surface area (Å²) < 4.78 is 1.01. The maximum Gasteiger partial charge on any atom is 0.143 e. The lowest BCUT2D eigenvalue weighted by atomic mass is 10.1. The summed E-state index contributed by atoms with van der Waals surface area (Å²) in [6, 6.07) is 0. The highest BCUT2D eigenvalue weighted by atomic mass is 79.9. The molecule has 0 saturated heterocycles. The molecule has 0 aliphatic heterocycles. The van der Waals surface area contributed by atoms with Crippen molar-refractivity contribution in [1.82, 2.24) is 4.98 Å². The van der Waals surface area contributed by atoms with E-state index < -0.39 is 0 Å². The molecule has 1 aromatic heterocycles. The largest absolute Gasteiger partial charge is 0.243 e. The van der Waals surface area contributed by atoms with E-state index in [9.17, 15) is 0 Å². The van der Waals surface area contributed by atoms with Gasteiger partial charge >= 0.3 is 0 Å². The molecule has 0 bridgehead atoms. The van der Waals surface area contributed by atoms with Crippen molar-refractivity contribution in [1.29, 1.82) is 0 Å². The number of pyridine rings is 1. The van der Waals surface area contributed by atoms with Crippen LogP contribution in [0.1, 0.15) is 30.4 Å². The van der Waals surface area contributed by atoms with Crippen LogP contribution < -0.4 is 0 Å². The van der Waals surface area contributed by atoms with Crippen LogP contribution in [-0.2, 0) is 12.8 Å². The average Bonchev–Trinajstić information content (AvgIpc) is 2.36. The zero-order valence-corrected chi connectivity index (χ0v) is 9.66. The lowest BCUT2D eigenvalue weighted by molar-refractivity contribution is 0.711. The summed E-state index contributed by atoms with van der Waals surface area (Å²) >= 11 is 9.45. The molecule has 0 amide bonds. The maximum atomic E-state index is 5.94. The lowest BCUT2D eigenvalue weighted by Gasteiger charge is -2.07. The fraction of sp³-hybridized carbons (Fsp3) is 0.500. The minimum Gasteiger partial charge on any atom is -0.243 e. The van der Waals surface area contributed by atoms with Gasteiger partial charge in [-0.1, -0.05) is 18.0 Å². The Morgan fingerprint density at radius 1 is 1.23 bits per heavy atom. The molecule has 0 aromatic carbocycles. The monoisotopic (exact) mass is 259 g/mol. The first-order chi connectivity index (χ1) is 6.29. The van der Waals surface area contributed by atoms with Crippen molar-refractivity contribution in [2.45, 2.75) is 32.1 Å². The number of halogens is 2. The zero-order valence-electron chi connectivity index (χ0n) is 7.32. The van der Waals surface area contributed by atoms with E-state index in [1.807, 2.05) is 6.20 Å². The van der Waals surface area contributed by atoms with Crippen LogP contribution in [0, 0.1) is 0 Å². The summed E-state index contributed by atoms with van der Waals surface area (Å²) in [6.45, 7) is 0. The molecule has 0 spiro atoms. The van der Waals surface area contributed by atoms with Crippen LogP contribution in [0.4, 0.5) is 0 Å². The van der Waals surface area contributed by atoms with Gasteiger partial charge in [-0.2, -0.15) is 0 Å². The van der Waals surface area contributed by atoms with Crippen molar-refractivity contribution in [3.63, 3.8) is 0 Å². The van der Waals surface area contributed by atoms with Gasteiger partial charge in [-0.05, 0) is 52.7 Å². The van der Waals surface area contributed by atoms with Crippen LogP contribution in [0.25, 0.3) is 0 Å². The van der Waals surface area contributed by atoms with Crippen molar-refractivity contribution < 1.29 is 0 Å². The normalized spacial score (nSPS) is 16.5. The van der Waals surface area contributed by atoms with Gasteiger partial charge in [-0.3, -0.25) is 0 Å². The van der Waals surface area contributed by atoms with Crippen LogP contribution in [0.3, 0.4) is 0 Å². The SMILES string of the molecule is Clc1ncc2c(c1Br)CCCCC2. The molecule has 0 radical (unpaired) electrons. The Bertz CT molecular complexity index is 325. The Hall–Kier alpha value is -0.0800. The topological polar surface area (TPSA) is 12.9 Å². The van der Waals surface area contributed by atoms with E-state index in [0.717, 1.165) is 17.3 Å². The second-order valence-corrected chi connectivity index (χ2v) is 4.58. The fourth-order valence-electron chi connectivity index (χ4n) is 1.81. The fourth-order valence-corrected chi connectivity index (χ4v) is 2.53. The van der Waals surface area contributed by atoms with Crippen molar-refractivity contribution in [2.24, 2.45) is 0 Å². The third-order valence-corrected chi connectivity index (χ3v) is 3.91.